The predicted molar refractivity (Wildman–Crippen MR) is 48.4 cm³/mol. The molecule has 0 saturated carbocycles. The Bertz CT molecular complexity index is 433. The van der Waals surface area contributed by atoms with Gasteiger partial charge in [-0.2, -0.15) is 0 Å². The van der Waals surface area contributed by atoms with Crippen LogP contribution in [0.5, 0.6) is 0 Å². The van der Waals surface area contributed by atoms with Gasteiger partial charge in [-0.15, -0.1) is 0 Å². The van der Waals surface area contributed by atoms with Gasteiger partial charge in [0.15, 0.2) is 11.6 Å². The van der Waals surface area contributed by atoms with E-state index in [1.807, 2.05) is 13.0 Å². The number of aryl methyl sites for hydroxylation is 1. The minimum Gasteiger partial charge on any atom is -0.458 e. The molecule has 0 aliphatic rings. The zero-order valence-corrected chi connectivity index (χ0v) is 7.63. The van der Waals surface area contributed by atoms with E-state index in [0.29, 0.717) is 11.5 Å². The topological polar surface area (TPSA) is 65.2 Å². The average Bonchev–Trinajstić information content (AvgIpc) is 2.62. The SMILES string of the molecule is Cc1ccc(-c2onc(N)c2Cl)o1. The highest BCUT2D eigenvalue weighted by Gasteiger charge is 2.16. The van der Waals surface area contributed by atoms with E-state index >= 15 is 0 Å². The standard InChI is InChI=1S/C8H7ClN2O2/c1-4-2-3-5(12-4)7-6(9)8(10)11-13-7/h2-3H,1H3,(H2,10,11). The first-order chi connectivity index (χ1) is 6.18. The molecule has 2 aromatic heterocycles. The van der Waals surface area contributed by atoms with Crippen molar-refractivity contribution in [1.29, 1.82) is 0 Å². The van der Waals surface area contributed by atoms with Crippen LogP contribution in [0.15, 0.2) is 21.1 Å². The molecule has 0 bridgehead atoms. The average molecular weight is 199 g/mol. The number of nitrogens with two attached hydrogens (primary N) is 1. The fraction of sp³-hybridized carbons (Fsp3) is 0.125. The molecular weight excluding hydrogens is 192 g/mol. The lowest BCUT2D eigenvalue weighted by Crippen LogP contribution is -1.82. The molecule has 2 rings (SSSR count). The molecule has 0 unspecified atom stereocenters. The molecule has 2 N–H and O–H groups in total. The lowest BCUT2D eigenvalue weighted by molar-refractivity contribution is 0.418. The lowest BCUT2D eigenvalue weighted by Gasteiger charge is -1.88. The summed E-state index contributed by atoms with van der Waals surface area (Å²) in [6, 6.07) is 3.56. The summed E-state index contributed by atoms with van der Waals surface area (Å²) in [5.74, 6) is 1.85. The molecule has 13 heavy (non-hydrogen) atoms. The first kappa shape index (κ1) is 8.19. The van der Waals surface area contributed by atoms with E-state index in [1.165, 1.54) is 0 Å². The summed E-state index contributed by atoms with van der Waals surface area (Å²) in [4.78, 5) is 0. The van der Waals surface area contributed by atoms with Crippen LogP contribution in [0.2, 0.25) is 5.02 Å². The van der Waals surface area contributed by atoms with Gasteiger partial charge < -0.3 is 14.7 Å². The van der Waals surface area contributed by atoms with Crippen molar-refractivity contribution in [1.82, 2.24) is 5.16 Å². The first-order valence-electron chi connectivity index (χ1n) is 3.66. The smallest absolute Gasteiger partial charge is 0.222 e. The van der Waals surface area contributed by atoms with Crippen molar-refractivity contribution in [2.75, 3.05) is 5.73 Å². The summed E-state index contributed by atoms with van der Waals surface area (Å²) in [6.07, 6.45) is 0. The summed E-state index contributed by atoms with van der Waals surface area (Å²) in [5.41, 5.74) is 5.41. The Kier molecular flexibility index (Phi) is 1.77. The van der Waals surface area contributed by atoms with Gasteiger partial charge in [0.2, 0.25) is 5.76 Å². The van der Waals surface area contributed by atoms with Crippen LogP contribution in [0.4, 0.5) is 5.82 Å². The number of nitrogen functional groups attached to an aromatic ring is 1. The molecule has 2 aromatic rings. The highest BCUT2D eigenvalue weighted by Crippen LogP contribution is 2.32. The van der Waals surface area contributed by atoms with Gasteiger partial charge in [-0.05, 0) is 19.1 Å². The highest BCUT2D eigenvalue weighted by molar-refractivity contribution is 6.35. The van der Waals surface area contributed by atoms with Crippen molar-refractivity contribution < 1.29 is 8.94 Å². The minimum atomic E-state index is 0.172. The molecule has 0 spiro atoms. The van der Waals surface area contributed by atoms with E-state index < -0.39 is 0 Å². The zero-order valence-electron chi connectivity index (χ0n) is 6.87. The van der Waals surface area contributed by atoms with Crippen LogP contribution in [0.1, 0.15) is 5.76 Å². The maximum atomic E-state index is 5.81. The number of nitrogens with zero attached hydrogens (tertiary/aromatic N) is 1. The van der Waals surface area contributed by atoms with E-state index in [-0.39, 0.29) is 10.8 Å². The van der Waals surface area contributed by atoms with Crippen LogP contribution in [0, 0.1) is 6.92 Å². The van der Waals surface area contributed by atoms with Gasteiger partial charge in [-0.3, -0.25) is 0 Å². The van der Waals surface area contributed by atoms with Crippen LogP contribution in [0.25, 0.3) is 11.5 Å². The van der Waals surface area contributed by atoms with E-state index in [2.05, 4.69) is 5.16 Å². The van der Waals surface area contributed by atoms with Crippen LogP contribution < -0.4 is 5.73 Å². The highest BCUT2D eigenvalue weighted by atomic mass is 35.5. The Morgan fingerprint density at radius 2 is 2.23 bits per heavy atom. The van der Waals surface area contributed by atoms with Crippen LogP contribution in [-0.4, -0.2) is 5.16 Å². The summed E-state index contributed by atoms with van der Waals surface area (Å²) in [5, 5.41) is 3.80. The second-order valence-electron chi connectivity index (χ2n) is 2.62. The fourth-order valence-electron chi connectivity index (χ4n) is 1.00. The van der Waals surface area contributed by atoms with Crippen molar-refractivity contribution in [3.63, 3.8) is 0 Å². The molecule has 0 fully saturated rings. The molecule has 5 heteroatoms. The van der Waals surface area contributed by atoms with Crippen molar-refractivity contribution in [3.8, 4) is 11.5 Å². The van der Waals surface area contributed by atoms with Gasteiger partial charge in [0.1, 0.15) is 10.8 Å². The largest absolute Gasteiger partial charge is 0.458 e. The van der Waals surface area contributed by atoms with E-state index in [0.717, 1.165) is 5.76 Å². The quantitative estimate of drug-likeness (QED) is 0.765. The maximum absolute atomic E-state index is 5.81. The molecule has 4 nitrogen and oxygen atoms in total. The van der Waals surface area contributed by atoms with Crippen LogP contribution in [-0.2, 0) is 0 Å². The fourth-order valence-corrected chi connectivity index (χ4v) is 1.16. The lowest BCUT2D eigenvalue weighted by atomic mass is 10.3. The molecule has 0 aliphatic carbocycles. The van der Waals surface area contributed by atoms with E-state index in [4.69, 9.17) is 26.3 Å². The Hall–Kier alpha value is -1.42. The summed E-state index contributed by atoms with van der Waals surface area (Å²) in [6.45, 7) is 1.83. The number of halogens is 1. The van der Waals surface area contributed by atoms with Gasteiger partial charge in [0.05, 0.1) is 0 Å². The Labute approximate surface area is 79.3 Å². The third kappa shape index (κ3) is 1.29. The van der Waals surface area contributed by atoms with Crippen molar-refractivity contribution in [2.24, 2.45) is 0 Å². The van der Waals surface area contributed by atoms with E-state index in [1.54, 1.807) is 6.07 Å². The molecule has 0 aromatic carbocycles. The Balaban J connectivity index is 2.52. The molecule has 0 saturated heterocycles. The number of rotatable bonds is 1. The van der Waals surface area contributed by atoms with Crippen molar-refractivity contribution in [2.45, 2.75) is 6.92 Å². The van der Waals surface area contributed by atoms with Gasteiger partial charge in [0.25, 0.3) is 0 Å². The maximum Gasteiger partial charge on any atom is 0.222 e. The molecule has 0 atom stereocenters. The molecule has 68 valence electrons. The number of hydrogen-bond acceptors (Lipinski definition) is 4. The van der Waals surface area contributed by atoms with Crippen molar-refractivity contribution in [3.05, 3.63) is 22.9 Å². The molecule has 0 amide bonds. The van der Waals surface area contributed by atoms with Crippen LogP contribution in [0.3, 0.4) is 0 Å². The first-order valence-corrected chi connectivity index (χ1v) is 4.03. The minimum absolute atomic E-state index is 0.172. The van der Waals surface area contributed by atoms with E-state index in [9.17, 15) is 0 Å². The summed E-state index contributed by atoms with van der Waals surface area (Å²) >= 11 is 5.81. The summed E-state index contributed by atoms with van der Waals surface area (Å²) in [7, 11) is 0. The number of furan rings is 1. The monoisotopic (exact) mass is 198 g/mol. The van der Waals surface area contributed by atoms with Gasteiger partial charge in [0, 0.05) is 0 Å². The van der Waals surface area contributed by atoms with Gasteiger partial charge >= 0.3 is 0 Å². The molecular formula is C8H7ClN2O2. The van der Waals surface area contributed by atoms with Crippen molar-refractivity contribution >= 4 is 17.4 Å². The molecule has 0 aliphatic heterocycles. The number of anilines is 1. The zero-order chi connectivity index (χ0) is 9.42. The molecule has 2 heterocycles. The second-order valence-corrected chi connectivity index (χ2v) is 3.00. The number of hydrogen-bond donors (Lipinski definition) is 1. The second kappa shape index (κ2) is 2.81. The Morgan fingerprint density at radius 3 is 2.69 bits per heavy atom. The molecule has 0 radical (unpaired) electrons. The van der Waals surface area contributed by atoms with Gasteiger partial charge in [-0.25, -0.2) is 0 Å². The summed E-state index contributed by atoms with van der Waals surface area (Å²) < 4.78 is 10.2. The number of aromatic nitrogens is 1. The Morgan fingerprint density at radius 1 is 1.46 bits per heavy atom. The third-order valence-corrected chi connectivity index (χ3v) is 1.99. The normalized spacial score (nSPS) is 10.6. The third-order valence-electron chi connectivity index (χ3n) is 1.62. The van der Waals surface area contributed by atoms with Gasteiger partial charge in [-0.1, -0.05) is 16.8 Å². The predicted octanol–water partition coefficient (Wildman–Crippen LogP) is 2.48. The van der Waals surface area contributed by atoms with Crippen LogP contribution >= 0.6 is 11.6 Å².